The van der Waals surface area contributed by atoms with Gasteiger partial charge in [-0.2, -0.15) is 0 Å². The monoisotopic (exact) mass is 277 g/mol. The van der Waals surface area contributed by atoms with E-state index in [1.165, 1.54) is 25.8 Å². The molecule has 3 N–H and O–H groups in total. The van der Waals surface area contributed by atoms with E-state index >= 15 is 0 Å². The highest BCUT2D eigenvalue weighted by molar-refractivity contribution is 5.59. The molecule has 0 amide bonds. The molecule has 0 saturated carbocycles. The summed E-state index contributed by atoms with van der Waals surface area (Å²) in [6.45, 7) is 5.00. The highest BCUT2D eigenvalue weighted by Crippen LogP contribution is 2.23. The molecule has 0 aromatic heterocycles. The van der Waals surface area contributed by atoms with Gasteiger partial charge in [0.1, 0.15) is 5.75 Å². The maximum atomic E-state index is 5.94. The van der Waals surface area contributed by atoms with Crippen molar-refractivity contribution in [2.24, 2.45) is 0 Å². The molecule has 1 atom stereocenters. The van der Waals surface area contributed by atoms with Crippen molar-refractivity contribution < 1.29 is 4.74 Å². The molecule has 2 rings (SSSR count). The van der Waals surface area contributed by atoms with Gasteiger partial charge >= 0.3 is 0 Å². The quantitative estimate of drug-likeness (QED) is 0.785. The van der Waals surface area contributed by atoms with E-state index in [0.29, 0.717) is 6.04 Å². The molecule has 112 valence electrons. The van der Waals surface area contributed by atoms with Crippen LogP contribution in [0, 0.1) is 0 Å². The van der Waals surface area contributed by atoms with Crippen molar-refractivity contribution in [1.82, 2.24) is 4.90 Å². The fourth-order valence-electron chi connectivity index (χ4n) is 2.67. The lowest BCUT2D eigenvalue weighted by Gasteiger charge is -2.32. The second kappa shape index (κ2) is 7.39. The lowest BCUT2D eigenvalue weighted by Crippen LogP contribution is -2.40. The van der Waals surface area contributed by atoms with Gasteiger partial charge in [0.25, 0.3) is 0 Å². The molecule has 0 spiro atoms. The average molecular weight is 277 g/mol. The minimum atomic E-state index is 0.616. The van der Waals surface area contributed by atoms with Crippen molar-refractivity contribution in [3.63, 3.8) is 0 Å². The highest BCUT2D eigenvalue weighted by atomic mass is 16.5. The summed E-state index contributed by atoms with van der Waals surface area (Å²) >= 11 is 0. The van der Waals surface area contributed by atoms with Crippen LogP contribution in [0.25, 0.3) is 0 Å². The van der Waals surface area contributed by atoms with Crippen molar-refractivity contribution in [3.05, 3.63) is 18.2 Å². The SMILES string of the molecule is CCCOc1cc(N)cc(NCC2CCCCN2C)c1. The zero-order valence-electron chi connectivity index (χ0n) is 12.7. The van der Waals surface area contributed by atoms with E-state index in [1.54, 1.807) is 0 Å². The molecule has 1 heterocycles. The molecule has 1 saturated heterocycles. The summed E-state index contributed by atoms with van der Waals surface area (Å²) in [5.41, 5.74) is 7.74. The molecular weight excluding hydrogens is 250 g/mol. The Balaban J connectivity index is 1.92. The Labute approximate surface area is 122 Å². The Morgan fingerprint density at radius 3 is 2.95 bits per heavy atom. The van der Waals surface area contributed by atoms with Gasteiger partial charge in [-0.15, -0.1) is 0 Å². The first-order valence-electron chi connectivity index (χ1n) is 7.66. The molecule has 0 aliphatic carbocycles. The van der Waals surface area contributed by atoms with Gasteiger partial charge < -0.3 is 20.7 Å². The summed E-state index contributed by atoms with van der Waals surface area (Å²) in [4.78, 5) is 2.44. The number of ether oxygens (including phenoxy) is 1. The Hall–Kier alpha value is -1.42. The smallest absolute Gasteiger partial charge is 0.123 e. The Morgan fingerprint density at radius 2 is 2.20 bits per heavy atom. The predicted molar refractivity (Wildman–Crippen MR) is 85.4 cm³/mol. The lowest BCUT2D eigenvalue weighted by atomic mass is 10.0. The first-order valence-corrected chi connectivity index (χ1v) is 7.66. The summed E-state index contributed by atoms with van der Waals surface area (Å²) in [7, 11) is 2.21. The van der Waals surface area contributed by atoms with Crippen molar-refractivity contribution >= 4 is 11.4 Å². The molecule has 4 nitrogen and oxygen atoms in total. The van der Waals surface area contributed by atoms with Crippen LogP contribution in [-0.4, -0.2) is 37.7 Å². The minimum absolute atomic E-state index is 0.616. The average Bonchev–Trinajstić information content (AvgIpc) is 2.44. The number of nitrogens with one attached hydrogen (secondary N) is 1. The first-order chi connectivity index (χ1) is 9.69. The van der Waals surface area contributed by atoms with Gasteiger partial charge in [0.2, 0.25) is 0 Å². The zero-order chi connectivity index (χ0) is 14.4. The Bertz CT molecular complexity index is 422. The summed E-state index contributed by atoms with van der Waals surface area (Å²) in [5, 5.41) is 3.50. The summed E-state index contributed by atoms with van der Waals surface area (Å²) in [5.74, 6) is 0.853. The molecule has 0 bridgehead atoms. The number of nitrogen functional groups attached to an aromatic ring is 1. The van der Waals surface area contributed by atoms with E-state index in [1.807, 2.05) is 18.2 Å². The third-order valence-electron chi connectivity index (χ3n) is 3.87. The highest BCUT2D eigenvalue weighted by Gasteiger charge is 2.18. The van der Waals surface area contributed by atoms with Crippen LogP contribution in [0.1, 0.15) is 32.6 Å². The van der Waals surface area contributed by atoms with Crippen LogP contribution in [0.3, 0.4) is 0 Å². The number of nitrogens with zero attached hydrogens (tertiary/aromatic N) is 1. The van der Waals surface area contributed by atoms with Crippen molar-refractivity contribution in [2.45, 2.75) is 38.6 Å². The van der Waals surface area contributed by atoms with Crippen LogP contribution in [0.5, 0.6) is 5.75 Å². The predicted octanol–water partition coefficient (Wildman–Crippen LogP) is 2.95. The number of hydrogen-bond donors (Lipinski definition) is 2. The van der Waals surface area contributed by atoms with Crippen molar-refractivity contribution in [3.8, 4) is 5.75 Å². The normalized spacial score (nSPS) is 19.8. The number of nitrogens with two attached hydrogens (primary N) is 1. The van der Waals surface area contributed by atoms with Gasteiger partial charge in [0, 0.05) is 36.1 Å². The van der Waals surface area contributed by atoms with Crippen LogP contribution in [0.15, 0.2) is 18.2 Å². The minimum Gasteiger partial charge on any atom is -0.493 e. The largest absolute Gasteiger partial charge is 0.493 e. The van der Waals surface area contributed by atoms with Gasteiger partial charge in [0.15, 0.2) is 0 Å². The summed E-state index contributed by atoms with van der Waals surface area (Å²) in [6, 6.07) is 6.51. The van der Waals surface area contributed by atoms with Gasteiger partial charge in [-0.05, 0) is 38.9 Å². The van der Waals surface area contributed by atoms with E-state index in [2.05, 4.69) is 24.2 Å². The molecule has 1 aliphatic heterocycles. The summed E-state index contributed by atoms with van der Waals surface area (Å²) < 4.78 is 5.66. The lowest BCUT2D eigenvalue weighted by molar-refractivity contribution is 0.194. The van der Waals surface area contributed by atoms with Crippen molar-refractivity contribution in [2.75, 3.05) is 37.8 Å². The maximum Gasteiger partial charge on any atom is 0.123 e. The standard InChI is InChI=1S/C16H27N3O/c1-3-8-20-16-10-13(17)9-14(11-16)18-12-15-6-4-5-7-19(15)2/h9-11,15,18H,3-8,12,17H2,1-2H3. The molecule has 1 fully saturated rings. The molecule has 1 aromatic rings. The molecule has 0 radical (unpaired) electrons. The molecule has 4 heteroatoms. The number of hydrogen-bond acceptors (Lipinski definition) is 4. The molecule has 1 aromatic carbocycles. The van der Waals surface area contributed by atoms with E-state index in [9.17, 15) is 0 Å². The van der Waals surface area contributed by atoms with Crippen LogP contribution in [0.4, 0.5) is 11.4 Å². The second-order valence-corrected chi connectivity index (χ2v) is 5.65. The third kappa shape index (κ3) is 4.30. The van der Waals surface area contributed by atoms with Crippen molar-refractivity contribution in [1.29, 1.82) is 0 Å². The third-order valence-corrected chi connectivity index (χ3v) is 3.87. The van der Waals surface area contributed by atoms with Gasteiger partial charge in [-0.25, -0.2) is 0 Å². The first kappa shape index (κ1) is 15.0. The number of likely N-dealkylation sites (tertiary alicyclic amines) is 1. The Morgan fingerprint density at radius 1 is 1.35 bits per heavy atom. The van der Waals surface area contributed by atoms with Crippen LogP contribution in [0.2, 0.25) is 0 Å². The van der Waals surface area contributed by atoms with Crippen LogP contribution >= 0.6 is 0 Å². The van der Waals surface area contributed by atoms with E-state index in [0.717, 1.165) is 36.7 Å². The molecule has 1 unspecified atom stereocenters. The number of anilines is 2. The second-order valence-electron chi connectivity index (χ2n) is 5.65. The van der Waals surface area contributed by atoms with Gasteiger partial charge in [-0.3, -0.25) is 0 Å². The van der Waals surface area contributed by atoms with E-state index in [4.69, 9.17) is 10.5 Å². The number of likely N-dealkylation sites (N-methyl/N-ethyl adjacent to an activating group) is 1. The molecular formula is C16H27N3O. The van der Waals surface area contributed by atoms with Crippen LogP contribution in [-0.2, 0) is 0 Å². The van der Waals surface area contributed by atoms with Gasteiger partial charge in [-0.1, -0.05) is 13.3 Å². The van der Waals surface area contributed by atoms with Crippen LogP contribution < -0.4 is 15.8 Å². The van der Waals surface area contributed by atoms with Gasteiger partial charge in [0.05, 0.1) is 6.61 Å². The fourth-order valence-corrected chi connectivity index (χ4v) is 2.67. The van der Waals surface area contributed by atoms with E-state index in [-0.39, 0.29) is 0 Å². The molecule has 20 heavy (non-hydrogen) atoms. The zero-order valence-corrected chi connectivity index (χ0v) is 12.7. The molecule has 1 aliphatic rings. The topological polar surface area (TPSA) is 50.5 Å². The maximum absolute atomic E-state index is 5.94. The fraction of sp³-hybridized carbons (Fsp3) is 0.625. The Kier molecular flexibility index (Phi) is 5.53. The number of benzene rings is 1. The summed E-state index contributed by atoms with van der Waals surface area (Å²) in [6.07, 6.45) is 4.92. The number of piperidine rings is 1. The van der Waals surface area contributed by atoms with E-state index < -0.39 is 0 Å². The number of rotatable bonds is 6.